The maximum atomic E-state index is 4.94. The van der Waals surface area contributed by atoms with E-state index >= 15 is 0 Å². The van der Waals surface area contributed by atoms with Crippen LogP contribution in [-0.4, -0.2) is 15.0 Å². The largest absolute Gasteiger partial charge is 0.208 e. The molecule has 0 bridgehead atoms. The Morgan fingerprint density at radius 3 is 1.48 bits per heavy atom. The van der Waals surface area contributed by atoms with Crippen molar-refractivity contribution in [2.45, 2.75) is 12.8 Å². The van der Waals surface area contributed by atoms with Crippen molar-refractivity contribution < 1.29 is 0 Å². The van der Waals surface area contributed by atoms with Crippen LogP contribution in [0.5, 0.6) is 0 Å². The summed E-state index contributed by atoms with van der Waals surface area (Å²) in [6.07, 6.45) is 1.96. The third-order valence-corrected chi connectivity index (χ3v) is 9.96. The summed E-state index contributed by atoms with van der Waals surface area (Å²) >= 11 is 0. The van der Waals surface area contributed by atoms with Gasteiger partial charge in [0, 0.05) is 16.7 Å². The van der Waals surface area contributed by atoms with Gasteiger partial charge < -0.3 is 0 Å². The number of hydrogen-bond donors (Lipinski definition) is 0. The number of hydrogen-bond acceptors (Lipinski definition) is 3. The fraction of sp³-hybridized carbons (Fsp3) is 0.0444. The van der Waals surface area contributed by atoms with Crippen LogP contribution in [0.25, 0.3) is 78.3 Å². The quantitative estimate of drug-likeness (QED) is 0.199. The third kappa shape index (κ3) is 4.25. The van der Waals surface area contributed by atoms with E-state index in [1.54, 1.807) is 0 Å². The van der Waals surface area contributed by atoms with Crippen molar-refractivity contribution in [2.75, 3.05) is 0 Å². The Morgan fingerprint density at radius 2 is 0.812 bits per heavy atom. The molecule has 2 aliphatic rings. The van der Waals surface area contributed by atoms with E-state index in [4.69, 9.17) is 15.0 Å². The molecule has 0 radical (unpaired) electrons. The molecule has 1 aromatic heterocycles. The monoisotopic (exact) mass is 611 g/mol. The number of nitrogens with zero attached hydrogens (tertiary/aromatic N) is 3. The molecule has 3 heteroatoms. The summed E-state index contributed by atoms with van der Waals surface area (Å²) in [4.78, 5) is 14.7. The molecule has 2 aliphatic carbocycles. The Kier molecular flexibility index (Phi) is 6.00. The average molecular weight is 612 g/mol. The lowest BCUT2D eigenvalue weighted by molar-refractivity contribution is 1.07. The van der Waals surface area contributed by atoms with Gasteiger partial charge in [-0.2, -0.15) is 0 Å². The van der Waals surface area contributed by atoms with Crippen molar-refractivity contribution in [1.29, 1.82) is 0 Å². The molecule has 3 nitrogen and oxygen atoms in total. The van der Waals surface area contributed by atoms with Gasteiger partial charge in [0.2, 0.25) is 0 Å². The van der Waals surface area contributed by atoms with E-state index in [1.807, 2.05) is 60.7 Å². The van der Waals surface area contributed by atoms with Crippen LogP contribution in [0.15, 0.2) is 152 Å². The number of fused-ring (bicyclic) bond motifs is 9. The fourth-order valence-electron chi connectivity index (χ4n) is 7.75. The first-order valence-electron chi connectivity index (χ1n) is 16.5. The first-order chi connectivity index (χ1) is 23.8. The van der Waals surface area contributed by atoms with Crippen LogP contribution in [0.2, 0.25) is 0 Å². The van der Waals surface area contributed by atoms with Crippen LogP contribution >= 0.6 is 0 Å². The van der Waals surface area contributed by atoms with Gasteiger partial charge in [-0.25, -0.2) is 15.0 Å². The topological polar surface area (TPSA) is 38.7 Å². The second-order valence-corrected chi connectivity index (χ2v) is 12.8. The second kappa shape index (κ2) is 10.7. The summed E-state index contributed by atoms with van der Waals surface area (Å²) in [5, 5.41) is 2.60. The van der Waals surface area contributed by atoms with Gasteiger partial charge in [-0.05, 0) is 85.3 Å². The Hall–Kier alpha value is -6.19. The lowest BCUT2D eigenvalue weighted by Crippen LogP contribution is -2.00. The van der Waals surface area contributed by atoms with E-state index in [9.17, 15) is 0 Å². The predicted molar refractivity (Wildman–Crippen MR) is 196 cm³/mol. The zero-order valence-electron chi connectivity index (χ0n) is 26.2. The van der Waals surface area contributed by atoms with Gasteiger partial charge in [-0.3, -0.25) is 0 Å². The van der Waals surface area contributed by atoms with Crippen LogP contribution in [0.3, 0.4) is 0 Å². The number of benzene rings is 7. The maximum absolute atomic E-state index is 4.94. The van der Waals surface area contributed by atoms with Gasteiger partial charge in [0.15, 0.2) is 17.5 Å². The summed E-state index contributed by atoms with van der Waals surface area (Å²) in [6, 6.07) is 54.0. The van der Waals surface area contributed by atoms with E-state index < -0.39 is 0 Å². The molecule has 0 saturated carbocycles. The van der Waals surface area contributed by atoms with E-state index in [2.05, 4.69) is 91.0 Å². The molecular formula is C45H29N3. The first kappa shape index (κ1) is 27.0. The van der Waals surface area contributed by atoms with Crippen molar-refractivity contribution in [1.82, 2.24) is 15.0 Å². The van der Waals surface area contributed by atoms with Crippen LogP contribution in [-0.2, 0) is 12.8 Å². The molecule has 10 rings (SSSR count). The van der Waals surface area contributed by atoms with Crippen LogP contribution in [0, 0.1) is 0 Å². The molecule has 0 N–H and O–H groups in total. The molecule has 224 valence electrons. The van der Waals surface area contributed by atoms with Gasteiger partial charge in [0.1, 0.15) is 0 Å². The highest BCUT2D eigenvalue weighted by molar-refractivity contribution is 6.11. The smallest absolute Gasteiger partial charge is 0.164 e. The van der Waals surface area contributed by atoms with Crippen molar-refractivity contribution in [3.8, 4) is 67.5 Å². The zero-order valence-corrected chi connectivity index (χ0v) is 26.2. The molecule has 0 fully saturated rings. The summed E-state index contributed by atoms with van der Waals surface area (Å²) in [5.74, 6) is 2.00. The standard InChI is InChI=1S/C45H29N3/c1-3-11-29(12-4-1)43-46-44(30-13-5-2-6-14-30)48-45(47-43)31-21-19-28(20-22-31)39-27-35-26-34-24-23-33-25-32-15-7-8-16-36(32)40(33)42(34)41(35)38-18-10-9-17-37(38)39/h1-24,27H,25-26H2. The van der Waals surface area contributed by atoms with Crippen molar-refractivity contribution >= 4 is 10.8 Å². The summed E-state index contributed by atoms with van der Waals surface area (Å²) in [5.41, 5.74) is 16.7. The van der Waals surface area contributed by atoms with Gasteiger partial charge in [0.25, 0.3) is 0 Å². The van der Waals surface area contributed by atoms with E-state index in [0.717, 1.165) is 29.5 Å². The summed E-state index contributed by atoms with van der Waals surface area (Å²) in [6.45, 7) is 0. The fourth-order valence-corrected chi connectivity index (χ4v) is 7.75. The third-order valence-electron chi connectivity index (χ3n) is 9.96. The summed E-state index contributed by atoms with van der Waals surface area (Å²) < 4.78 is 0. The highest BCUT2D eigenvalue weighted by Gasteiger charge is 2.30. The predicted octanol–water partition coefficient (Wildman–Crippen LogP) is 10.8. The van der Waals surface area contributed by atoms with E-state index in [-0.39, 0.29) is 0 Å². The van der Waals surface area contributed by atoms with Gasteiger partial charge in [-0.1, -0.05) is 146 Å². The Morgan fingerprint density at radius 1 is 0.312 bits per heavy atom. The van der Waals surface area contributed by atoms with E-state index in [0.29, 0.717) is 17.5 Å². The minimum Gasteiger partial charge on any atom is -0.208 e. The van der Waals surface area contributed by atoms with E-state index in [1.165, 1.54) is 66.4 Å². The molecule has 8 aromatic rings. The normalized spacial score (nSPS) is 12.4. The molecule has 0 amide bonds. The average Bonchev–Trinajstić information content (AvgIpc) is 3.73. The lowest BCUT2D eigenvalue weighted by Gasteiger charge is -2.15. The van der Waals surface area contributed by atoms with Crippen molar-refractivity contribution in [3.63, 3.8) is 0 Å². The minimum absolute atomic E-state index is 0.664. The SMILES string of the molecule is c1ccc(-c2nc(-c3ccccc3)nc(-c3ccc(-c4cc5c(c6ccccc46)-c4c(ccc6c4-c4ccccc4C6)C5)cc3)n2)cc1. The van der Waals surface area contributed by atoms with Gasteiger partial charge in [-0.15, -0.1) is 0 Å². The molecule has 0 aliphatic heterocycles. The minimum atomic E-state index is 0.664. The highest BCUT2D eigenvalue weighted by Crippen LogP contribution is 2.52. The first-order valence-corrected chi connectivity index (χ1v) is 16.5. The molecule has 0 saturated heterocycles. The molecule has 0 spiro atoms. The maximum Gasteiger partial charge on any atom is 0.164 e. The Labute approximate surface area is 279 Å². The highest BCUT2D eigenvalue weighted by atomic mass is 15.0. The molecule has 0 atom stereocenters. The van der Waals surface area contributed by atoms with Crippen molar-refractivity contribution in [3.05, 3.63) is 174 Å². The molecular weight excluding hydrogens is 583 g/mol. The molecule has 0 unspecified atom stereocenters. The second-order valence-electron chi connectivity index (χ2n) is 12.8. The molecule has 7 aromatic carbocycles. The van der Waals surface area contributed by atoms with Crippen LogP contribution in [0.4, 0.5) is 0 Å². The molecule has 48 heavy (non-hydrogen) atoms. The molecule has 1 heterocycles. The van der Waals surface area contributed by atoms with Crippen molar-refractivity contribution in [2.24, 2.45) is 0 Å². The van der Waals surface area contributed by atoms with Gasteiger partial charge >= 0.3 is 0 Å². The number of aromatic nitrogens is 3. The summed E-state index contributed by atoms with van der Waals surface area (Å²) in [7, 11) is 0. The Balaban J connectivity index is 1.09. The Bertz CT molecular complexity index is 2480. The van der Waals surface area contributed by atoms with Crippen LogP contribution in [0.1, 0.15) is 22.3 Å². The number of rotatable bonds is 4. The lowest BCUT2D eigenvalue weighted by atomic mass is 9.88. The van der Waals surface area contributed by atoms with Crippen LogP contribution < -0.4 is 0 Å². The van der Waals surface area contributed by atoms with Gasteiger partial charge in [0.05, 0.1) is 0 Å². The zero-order chi connectivity index (χ0) is 31.6.